The molecule has 0 bridgehead atoms. The molecular weight excluding hydrogens is 436 g/mol. The van der Waals surface area contributed by atoms with Crippen molar-refractivity contribution < 1.29 is 14.0 Å². The molecule has 2 aromatic carbocycles. The highest BCUT2D eigenvalue weighted by Gasteiger charge is 2.13. The van der Waals surface area contributed by atoms with Gasteiger partial charge in [-0.05, 0) is 48.2 Å². The number of hydrogen-bond acceptors (Lipinski definition) is 8. The molecule has 0 radical (unpaired) electrons. The summed E-state index contributed by atoms with van der Waals surface area (Å²) in [4.78, 5) is 4.48. The highest BCUT2D eigenvalue weighted by Crippen LogP contribution is 2.31. The second kappa shape index (κ2) is 10.5. The molecule has 0 aliphatic carbocycles. The molecule has 0 amide bonds. The normalized spacial score (nSPS) is 11.1. The van der Waals surface area contributed by atoms with Crippen LogP contribution in [0.25, 0.3) is 22.6 Å². The van der Waals surface area contributed by atoms with Crippen LogP contribution in [0.4, 0.5) is 0 Å². The van der Waals surface area contributed by atoms with Gasteiger partial charge in [-0.3, -0.25) is 0 Å². The molecule has 0 aliphatic rings. The molecule has 4 aromatic rings. The van der Waals surface area contributed by atoms with Crippen LogP contribution in [-0.4, -0.2) is 34.6 Å². The smallest absolute Gasteiger partial charge is 0.237 e. The summed E-state index contributed by atoms with van der Waals surface area (Å²) >= 11 is 1.49. The van der Waals surface area contributed by atoms with Crippen LogP contribution in [0.3, 0.4) is 0 Å². The number of aromatic nitrogens is 4. The van der Waals surface area contributed by atoms with Gasteiger partial charge in [0.1, 0.15) is 5.03 Å². The highest BCUT2D eigenvalue weighted by atomic mass is 32.2. The van der Waals surface area contributed by atoms with Crippen LogP contribution in [0.2, 0.25) is 0 Å². The van der Waals surface area contributed by atoms with Gasteiger partial charge in [-0.1, -0.05) is 55.0 Å². The molecule has 0 saturated carbocycles. The third-order valence-corrected chi connectivity index (χ3v) is 5.89. The molecule has 7 nitrogen and oxygen atoms in total. The summed E-state index contributed by atoms with van der Waals surface area (Å²) in [5.74, 6) is 3.40. The fourth-order valence-electron chi connectivity index (χ4n) is 3.38. The second-order valence-electron chi connectivity index (χ2n) is 7.92. The first kappa shape index (κ1) is 22.8. The molecule has 0 aliphatic heterocycles. The Balaban J connectivity index is 1.38. The molecule has 170 valence electrons. The predicted octanol–water partition coefficient (Wildman–Crippen LogP) is 5.70. The van der Waals surface area contributed by atoms with Crippen molar-refractivity contribution in [3.63, 3.8) is 0 Å². The quantitative estimate of drug-likeness (QED) is 0.293. The summed E-state index contributed by atoms with van der Waals surface area (Å²) in [7, 11) is 3.19. The van der Waals surface area contributed by atoms with Gasteiger partial charge in [0.2, 0.25) is 11.7 Å². The zero-order chi connectivity index (χ0) is 23.2. The van der Waals surface area contributed by atoms with Crippen molar-refractivity contribution in [1.82, 2.24) is 20.3 Å². The van der Waals surface area contributed by atoms with E-state index in [1.165, 1.54) is 17.3 Å². The van der Waals surface area contributed by atoms with Crippen molar-refractivity contribution in [2.45, 2.75) is 31.0 Å². The van der Waals surface area contributed by atoms with E-state index in [9.17, 15) is 0 Å². The topological polar surface area (TPSA) is 83.2 Å². The minimum atomic E-state index is 0.494. The molecule has 0 unspecified atom stereocenters. The Bertz CT molecular complexity index is 1190. The summed E-state index contributed by atoms with van der Waals surface area (Å²) < 4.78 is 16.0. The molecule has 8 heteroatoms. The minimum Gasteiger partial charge on any atom is -0.493 e. The number of thioether (sulfide) groups is 1. The lowest BCUT2D eigenvalue weighted by molar-refractivity contribution is 0.355. The fraction of sp³-hybridized carbons (Fsp3) is 0.280. The maximum Gasteiger partial charge on any atom is 0.237 e. The van der Waals surface area contributed by atoms with Gasteiger partial charge in [0.15, 0.2) is 11.5 Å². The summed E-state index contributed by atoms with van der Waals surface area (Å²) in [5.41, 5.74) is 4.03. The van der Waals surface area contributed by atoms with Crippen LogP contribution in [0.15, 0.2) is 64.1 Å². The molecular formula is C25H26N4O3S. The minimum absolute atomic E-state index is 0.494. The summed E-state index contributed by atoms with van der Waals surface area (Å²) in [6, 6.07) is 18.0. The SMILES string of the molecule is COc1ccc(-c2noc(CSc3ccc(-c4ccc(CC(C)C)cc4)nn3)n2)cc1OC. The van der Waals surface area contributed by atoms with Gasteiger partial charge in [0.05, 0.1) is 25.7 Å². The van der Waals surface area contributed by atoms with Crippen LogP contribution in [0.5, 0.6) is 11.5 Å². The van der Waals surface area contributed by atoms with Gasteiger partial charge in [-0.2, -0.15) is 4.98 Å². The molecule has 2 aromatic heterocycles. The monoisotopic (exact) mass is 462 g/mol. The van der Waals surface area contributed by atoms with Crippen molar-refractivity contribution >= 4 is 11.8 Å². The van der Waals surface area contributed by atoms with E-state index in [0.29, 0.717) is 34.9 Å². The first-order chi connectivity index (χ1) is 16.1. The number of methoxy groups -OCH3 is 2. The van der Waals surface area contributed by atoms with Crippen molar-refractivity contribution in [1.29, 1.82) is 0 Å². The standard InChI is InChI=1S/C25H26N4O3S/c1-16(2)13-17-5-7-18(8-6-17)20-10-12-24(28-27-20)33-15-23-26-25(29-32-23)19-9-11-21(30-3)22(14-19)31-4/h5-12,14,16H,13,15H2,1-4H3. The van der Waals surface area contributed by atoms with Gasteiger partial charge >= 0.3 is 0 Å². The van der Waals surface area contributed by atoms with Crippen molar-refractivity contribution in [2.24, 2.45) is 5.92 Å². The van der Waals surface area contributed by atoms with E-state index in [4.69, 9.17) is 14.0 Å². The van der Waals surface area contributed by atoms with E-state index in [-0.39, 0.29) is 0 Å². The van der Waals surface area contributed by atoms with Gasteiger partial charge in [0.25, 0.3) is 0 Å². The lowest BCUT2D eigenvalue weighted by Gasteiger charge is -2.07. The largest absolute Gasteiger partial charge is 0.493 e. The van der Waals surface area contributed by atoms with Gasteiger partial charge in [0, 0.05) is 11.1 Å². The molecule has 2 heterocycles. The van der Waals surface area contributed by atoms with Crippen LogP contribution >= 0.6 is 11.8 Å². The fourth-order valence-corrected chi connectivity index (χ4v) is 4.03. The number of ether oxygens (including phenoxy) is 2. The highest BCUT2D eigenvalue weighted by molar-refractivity contribution is 7.98. The molecule has 0 spiro atoms. The Kier molecular flexibility index (Phi) is 7.24. The Morgan fingerprint density at radius 3 is 2.30 bits per heavy atom. The van der Waals surface area contributed by atoms with Crippen molar-refractivity contribution in [3.8, 4) is 34.1 Å². The van der Waals surface area contributed by atoms with Gasteiger partial charge < -0.3 is 14.0 Å². The molecule has 33 heavy (non-hydrogen) atoms. The molecule has 0 fully saturated rings. The lowest BCUT2D eigenvalue weighted by Crippen LogP contribution is -1.94. The third-order valence-electron chi connectivity index (χ3n) is 4.99. The number of rotatable bonds is 9. The van der Waals surface area contributed by atoms with E-state index < -0.39 is 0 Å². The van der Waals surface area contributed by atoms with Crippen molar-refractivity contribution in [3.05, 3.63) is 66.1 Å². The number of benzene rings is 2. The maximum atomic E-state index is 5.40. The van der Waals surface area contributed by atoms with E-state index in [0.717, 1.165) is 28.3 Å². The average molecular weight is 463 g/mol. The first-order valence-corrected chi connectivity index (χ1v) is 11.6. The van der Waals surface area contributed by atoms with Crippen LogP contribution in [-0.2, 0) is 12.2 Å². The number of nitrogens with zero attached hydrogens (tertiary/aromatic N) is 4. The molecule has 0 N–H and O–H groups in total. The second-order valence-corrected chi connectivity index (χ2v) is 8.92. The zero-order valence-electron chi connectivity index (χ0n) is 19.1. The Morgan fingerprint density at radius 1 is 0.879 bits per heavy atom. The average Bonchev–Trinajstić information content (AvgIpc) is 3.32. The third kappa shape index (κ3) is 5.70. The van der Waals surface area contributed by atoms with Gasteiger partial charge in [-0.25, -0.2) is 0 Å². The Hall–Kier alpha value is -3.39. The number of hydrogen-bond donors (Lipinski definition) is 0. The van der Waals surface area contributed by atoms with E-state index in [1.54, 1.807) is 14.2 Å². The summed E-state index contributed by atoms with van der Waals surface area (Å²) in [6.45, 7) is 4.45. The maximum absolute atomic E-state index is 5.40. The van der Waals surface area contributed by atoms with Crippen LogP contribution in [0.1, 0.15) is 25.3 Å². The summed E-state index contributed by atoms with van der Waals surface area (Å²) in [5, 5.41) is 13.6. The van der Waals surface area contributed by atoms with Crippen molar-refractivity contribution in [2.75, 3.05) is 14.2 Å². The zero-order valence-corrected chi connectivity index (χ0v) is 19.9. The molecule has 0 atom stereocenters. The van der Waals surface area contributed by atoms with E-state index >= 15 is 0 Å². The first-order valence-electron chi connectivity index (χ1n) is 10.7. The van der Waals surface area contributed by atoms with Gasteiger partial charge in [-0.15, -0.1) is 10.2 Å². The molecule has 0 saturated heterocycles. The van der Waals surface area contributed by atoms with Crippen LogP contribution < -0.4 is 9.47 Å². The van der Waals surface area contributed by atoms with E-state index in [1.807, 2.05) is 30.3 Å². The molecule has 4 rings (SSSR count). The lowest BCUT2D eigenvalue weighted by atomic mass is 10.0. The Morgan fingerprint density at radius 2 is 1.64 bits per heavy atom. The van der Waals surface area contributed by atoms with Crippen LogP contribution in [0, 0.1) is 5.92 Å². The Labute approximate surface area is 197 Å². The predicted molar refractivity (Wildman–Crippen MR) is 128 cm³/mol. The van der Waals surface area contributed by atoms with E-state index in [2.05, 4.69) is 58.5 Å². The summed E-state index contributed by atoms with van der Waals surface area (Å²) in [6.07, 6.45) is 1.07.